The van der Waals surface area contributed by atoms with Crippen LogP contribution in [0, 0.1) is 11.8 Å². The highest BCUT2D eigenvalue weighted by atomic mass is 16.6. The molecule has 0 aromatic heterocycles. The number of hydrogen-bond donors (Lipinski definition) is 1. The van der Waals surface area contributed by atoms with E-state index >= 15 is 0 Å². The summed E-state index contributed by atoms with van der Waals surface area (Å²) in [4.78, 5) is 45.5. The lowest BCUT2D eigenvalue weighted by Gasteiger charge is -2.39. The number of benzene rings is 1. The summed E-state index contributed by atoms with van der Waals surface area (Å²) in [5.41, 5.74) is -1.13. The minimum Gasteiger partial charge on any atom is -0.465 e. The van der Waals surface area contributed by atoms with Gasteiger partial charge in [-0.2, -0.15) is 0 Å². The van der Waals surface area contributed by atoms with E-state index in [0.29, 0.717) is 38.8 Å². The molecule has 1 aromatic rings. The smallest absolute Gasteiger partial charge is 0.312 e. The number of rotatable bonds is 14. The molecular weight excluding hydrogens is 496 g/mol. The van der Waals surface area contributed by atoms with Gasteiger partial charge >= 0.3 is 5.97 Å². The van der Waals surface area contributed by atoms with Crippen LogP contribution in [0.25, 0.3) is 0 Å². The fourth-order valence-corrected chi connectivity index (χ4v) is 6.83. The fraction of sp³-hybridized carbons (Fsp3) is 0.581. The van der Waals surface area contributed by atoms with E-state index in [0.717, 1.165) is 18.4 Å². The Morgan fingerprint density at radius 1 is 1.26 bits per heavy atom. The average molecular weight is 539 g/mol. The van der Waals surface area contributed by atoms with Gasteiger partial charge in [0, 0.05) is 13.1 Å². The molecule has 1 N–H and O–H groups in total. The van der Waals surface area contributed by atoms with Gasteiger partial charge in [-0.3, -0.25) is 14.4 Å². The van der Waals surface area contributed by atoms with Gasteiger partial charge < -0.3 is 24.4 Å². The van der Waals surface area contributed by atoms with Crippen molar-refractivity contribution in [1.82, 2.24) is 9.80 Å². The van der Waals surface area contributed by atoms with Crippen LogP contribution < -0.4 is 0 Å². The number of amides is 2. The first-order chi connectivity index (χ1) is 18.8. The lowest BCUT2D eigenvalue weighted by atomic mass is 9.66. The molecule has 2 amide bonds. The molecule has 3 fully saturated rings. The number of aliphatic hydroxyl groups is 1. The van der Waals surface area contributed by atoms with Crippen LogP contribution in [0.3, 0.4) is 0 Å². The van der Waals surface area contributed by atoms with Gasteiger partial charge in [0.25, 0.3) is 0 Å². The number of fused-ring (bicyclic) bond motifs is 1. The van der Waals surface area contributed by atoms with E-state index in [1.807, 2.05) is 37.3 Å². The van der Waals surface area contributed by atoms with Crippen molar-refractivity contribution in [1.29, 1.82) is 0 Å². The summed E-state index contributed by atoms with van der Waals surface area (Å²) >= 11 is 0. The monoisotopic (exact) mass is 538 g/mol. The summed E-state index contributed by atoms with van der Waals surface area (Å²) in [5.74, 6) is -2.72. The minimum absolute atomic E-state index is 0.173. The number of hydrogen-bond acceptors (Lipinski definition) is 6. The standard InChI is InChI=1S/C31H42N2O6/c1-5-8-18-32(17-7-3)28(36)26-31-16-15-30(4,39-31)25(29(37)38-19-9-6-2)24(31)27(35)33(26)23(21-34)20-22-13-11-10-12-14-22/h6-7,10-14,23-26,34H,2-3,5,8-9,15-21H2,1,4H3/t23-,24+,25-,26?,30+,31?/m1/s1. The molecule has 2 unspecified atom stereocenters. The molecule has 3 aliphatic heterocycles. The number of carbonyl (C=O) groups is 3. The summed E-state index contributed by atoms with van der Waals surface area (Å²) < 4.78 is 12.3. The summed E-state index contributed by atoms with van der Waals surface area (Å²) in [6, 6.07) is 7.98. The van der Waals surface area contributed by atoms with E-state index in [-0.39, 0.29) is 25.0 Å². The number of unbranched alkanes of at least 4 members (excludes halogenated alkanes) is 1. The van der Waals surface area contributed by atoms with Crippen LogP contribution in [-0.4, -0.2) is 82.3 Å². The number of carbonyl (C=O) groups excluding carboxylic acids is 3. The van der Waals surface area contributed by atoms with Gasteiger partial charge in [-0.15, -0.1) is 13.2 Å². The zero-order valence-electron chi connectivity index (χ0n) is 23.2. The first-order valence-corrected chi connectivity index (χ1v) is 14.1. The Kier molecular flexibility index (Phi) is 8.96. The number of esters is 1. The third-order valence-electron chi connectivity index (χ3n) is 8.63. The molecule has 3 aliphatic rings. The molecule has 3 saturated heterocycles. The van der Waals surface area contributed by atoms with Gasteiger partial charge in [-0.1, -0.05) is 55.8 Å². The van der Waals surface area contributed by atoms with Crippen molar-refractivity contribution in [2.75, 3.05) is 26.3 Å². The van der Waals surface area contributed by atoms with Gasteiger partial charge in [0.15, 0.2) is 0 Å². The van der Waals surface area contributed by atoms with E-state index in [1.165, 1.54) is 4.90 Å². The number of likely N-dealkylation sites (tertiary alicyclic amines) is 1. The van der Waals surface area contributed by atoms with E-state index in [2.05, 4.69) is 20.1 Å². The molecular formula is C31H42N2O6. The highest BCUT2D eigenvalue weighted by molar-refractivity contribution is 5.98. The maximum absolute atomic E-state index is 14.4. The maximum Gasteiger partial charge on any atom is 0.312 e. The molecule has 3 heterocycles. The molecule has 1 aromatic carbocycles. The van der Waals surface area contributed by atoms with E-state index in [1.54, 1.807) is 17.1 Å². The fourth-order valence-electron chi connectivity index (χ4n) is 6.83. The Morgan fingerprint density at radius 2 is 2.00 bits per heavy atom. The van der Waals surface area contributed by atoms with Crippen molar-refractivity contribution in [3.05, 3.63) is 61.2 Å². The Balaban J connectivity index is 1.77. The molecule has 0 saturated carbocycles. The first-order valence-electron chi connectivity index (χ1n) is 14.1. The van der Waals surface area contributed by atoms with Gasteiger partial charge in [0.1, 0.15) is 17.6 Å². The second-order valence-electron chi connectivity index (χ2n) is 11.2. The van der Waals surface area contributed by atoms with Gasteiger partial charge in [-0.05, 0) is 44.6 Å². The zero-order chi connectivity index (χ0) is 28.2. The van der Waals surface area contributed by atoms with Crippen molar-refractivity contribution in [3.8, 4) is 0 Å². The van der Waals surface area contributed by atoms with Crippen molar-refractivity contribution >= 4 is 17.8 Å². The SMILES string of the molecule is C=CCCOC(=O)[C@H]1[C@H]2C(=O)N([C@@H](CO)Cc3ccccc3)C(C(=O)N(CC=C)CCCC)C23CC[C@]1(C)O3. The molecule has 2 bridgehead atoms. The van der Waals surface area contributed by atoms with Crippen LogP contribution in [0.15, 0.2) is 55.6 Å². The second kappa shape index (κ2) is 12.0. The van der Waals surface area contributed by atoms with Crippen molar-refractivity contribution in [3.63, 3.8) is 0 Å². The largest absolute Gasteiger partial charge is 0.465 e. The van der Waals surface area contributed by atoms with Gasteiger partial charge in [-0.25, -0.2) is 0 Å². The Hall–Kier alpha value is -2.97. The third-order valence-corrected chi connectivity index (χ3v) is 8.63. The van der Waals surface area contributed by atoms with E-state index in [4.69, 9.17) is 9.47 Å². The Bertz CT molecular complexity index is 1080. The van der Waals surface area contributed by atoms with Crippen LogP contribution in [0.5, 0.6) is 0 Å². The van der Waals surface area contributed by atoms with Crippen LogP contribution in [0.1, 0.15) is 51.5 Å². The average Bonchev–Trinajstić information content (AvgIpc) is 3.50. The lowest BCUT2D eigenvalue weighted by molar-refractivity contribution is -0.161. The predicted molar refractivity (Wildman–Crippen MR) is 148 cm³/mol. The van der Waals surface area contributed by atoms with Crippen molar-refractivity contribution in [2.24, 2.45) is 11.8 Å². The molecule has 4 rings (SSSR count). The normalized spacial score (nSPS) is 29.7. The van der Waals surface area contributed by atoms with Gasteiger partial charge in [0.05, 0.1) is 30.8 Å². The zero-order valence-corrected chi connectivity index (χ0v) is 23.2. The van der Waals surface area contributed by atoms with Crippen LogP contribution in [0.2, 0.25) is 0 Å². The molecule has 0 radical (unpaired) electrons. The number of ether oxygens (including phenoxy) is 2. The molecule has 1 spiro atoms. The Labute approximate surface area is 231 Å². The topological polar surface area (TPSA) is 96.4 Å². The highest BCUT2D eigenvalue weighted by Crippen LogP contribution is 2.63. The van der Waals surface area contributed by atoms with Crippen molar-refractivity contribution in [2.45, 2.75) is 75.7 Å². The Morgan fingerprint density at radius 3 is 2.64 bits per heavy atom. The highest BCUT2D eigenvalue weighted by Gasteiger charge is 2.79. The van der Waals surface area contributed by atoms with Gasteiger partial charge in [0.2, 0.25) is 11.8 Å². The van der Waals surface area contributed by atoms with E-state index < -0.39 is 41.1 Å². The summed E-state index contributed by atoms with van der Waals surface area (Å²) in [6.45, 7) is 12.1. The van der Waals surface area contributed by atoms with Crippen LogP contribution in [-0.2, 0) is 30.3 Å². The third kappa shape index (κ3) is 5.16. The first kappa shape index (κ1) is 29.0. The van der Waals surface area contributed by atoms with Crippen LogP contribution in [0.4, 0.5) is 0 Å². The maximum atomic E-state index is 14.4. The van der Waals surface area contributed by atoms with Crippen molar-refractivity contribution < 1.29 is 29.0 Å². The van der Waals surface area contributed by atoms with E-state index in [9.17, 15) is 19.5 Å². The van der Waals surface area contributed by atoms with Crippen LogP contribution >= 0.6 is 0 Å². The second-order valence-corrected chi connectivity index (χ2v) is 11.2. The number of nitrogens with zero attached hydrogens (tertiary/aromatic N) is 2. The predicted octanol–water partition coefficient (Wildman–Crippen LogP) is 3.29. The number of aliphatic hydroxyl groups excluding tert-OH is 1. The molecule has 212 valence electrons. The molecule has 8 heteroatoms. The quantitative estimate of drug-likeness (QED) is 0.222. The minimum atomic E-state index is -1.17. The molecule has 0 aliphatic carbocycles. The summed E-state index contributed by atoms with van der Waals surface area (Å²) in [6.07, 6.45) is 6.96. The summed E-state index contributed by atoms with van der Waals surface area (Å²) in [7, 11) is 0. The lowest BCUT2D eigenvalue weighted by Crippen LogP contribution is -2.59. The molecule has 39 heavy (non-hydrogen) atoms. The summed E-state index contributed by atoms with van der Waals surface area (Å²) in [5, 5.41) is 10.6. The molecule has 6 atom stereocenters. The molecule has 8 nitrogen and oxygen atoms in total.